The predicted octanol–water partition coefficient (Wildman–Crippen LogP) is 4.60. The van der Waals surface area contributed by atoms with Crippen LogP contribution >= 0.6 is 15.9 Å². The van der Waals surface area contributed by atoms with Crippen LogP contribution in [0.3, 0.4) is 0 Å². The first-order valence-corrected chi connectivity index (χ1v) is 11.8. The van der Waals surface area contributed by atoms with Crippen LogP contribution in [0.1, 0.15) is 11.1 Å². The minimum atomic E-state index is -4.03. The van der Waals surface area contributed by atoms with Gasteiger partial charge in [-0.15, -0.1) is 0 Å². The van der Waals surface area contributed by atoms with Gasteiger partial charge in [0.15, 0.2) is 0 Å². The van der Waals surface area contributed by atoms with Gasteiger partial charge in [-0.3, -0.25) is 4.79 Å². The van der Waals surface area contributed by atoms with Crippen LogP contribution in [0.15, 0.2) is 82.2 Å². The molecule has 31 heavy (non-hydrogen) atoms. The number of para-hydroxylation sites is 1. The second kappa shape index (κ2) is 10.1. The van der Waals surface area contributed by atoms with Crippen molar-refractivity contribution in [2.75, 3.05) is 19.0 Å². The number of carbonyl (C=O) groups is 1. The lowest BCUT2D eigenvalue weighted by Gasteiger charge is -2.23. The quantitative estimate of drug-likeness (QED) is 0.488. The van der Waals surface area contributed by atoms with E-state index in [1.54, 1.807) is 43.3 Å². The molecule has 6 nitrogen and oxygen atoms in total. The lowest BCUT2D eigenvalue weighted by molar-refractivity contribution is -0.116. The first kappa shape index (κ1) is 23.0. The Balaban J connectivity index is 1.95. The van der Waals surface area contributed by atoms with E-state index in [2.05, 4.69) is 21.2 Å². The predicted molar refractivity (Wildman–Crippen MR) is 125 cm³/mol. The fraction of sp³-hybridized carbons (Fsp3) is 0.174. The first-order chi connectivity index (χ1) is 14.8. The van der Waals surface area contributed by atoms with E-state index < -0.39 is 15.9 Å². The van der Waals surface area contributed by atoms with E-state index in [1.165, 1.54) is 7.11 Å². The zero-order valence-electron chi connectivity index (χ0n) is 17.2. The van der Waals surface area contributed by atoms with Gasteiger partial charge < -0.3 is 10.1 Å². The molecule has 0 aliphatic rings. The van der Waals surface area contributed by atoms with Crippen LogP contribution in [0.5, 0.6) is 5.75 Å². The average molecular weight is 503 g/mol. The van der Waals surface area contributed by atoms with Crippen molar-refractivity contribution in [3.63, 3.8) is 0 Å². The summed E-state index contributed by atoms with van der Waals surface area (Å²) >= 11 is 3.38. The Morgan fingerprint density at radius 2 is 1.71 bits per heavy atom. The molecule has 3 aromatic rings. The Morgan fingerprint density at radius 3 is 2.39 bits per heavy atom. The third-order valence-corrected chi connectivity index (χ3v) is 7.11. The van der Waals surface area contributed by atoms with Crippen LogP contribution in [-0.4, -0.2) is 32.3 Å². The number of nitrogens with zero attached hydrogens (tertiary/aromatic N) is 1. The summed E-state index contributed by atoms with van der Waals surface area (Å²) in [4.78, 5) is 12.8. The number of hydrogen-bond acceptors (Lipinski definition) is 4. The molecule has 1 amide bonds. The number of carbonyl (C=O) groups excluding carboxylic acids is 1. The molecule has 1 N–H and O–H groups in total. The Labute approximate surface area is 191 Å². The fourth-order valence-corrected chi connectivity index (χ4v) is 5.06. The molecule has 8 heteroatoms. The minimum Gasteiger partial charge on any atom is -0.495 e. The smallest absolute Gasteiger partial charge is 0.247 e. The van der Waals surface area contributed by atoms with Gasteiger partial charge in [0.1, 0.15) is 10.6 Å². The molecule has 0 atom stereocenters. The van der Waals surface area contributed by atoms with Crippen molar-refractivity contribution in [3.8, 4) is 5.75 Å². The van der Waals surface area contributed by atoms with Crippen LogP contribution in [0, 0.1) is 6.92 Å². The lowest BCUT2D eigenvalue weighted by Crippen LogP contribution is -2.37. The monoisotopic (exact) mass is 502 g/mol. The molecule has 0 aromatic heterocycles. The van der Waals surface area contributed by atoms with E-state index in [9.17, 15) is 13.2 Å². The normalized spacial score (nSPS) is 11.4. The molecule has 0 spiro atoms. The van der Waals surface area contributed by atoms with Crippen molar-refractivity contribution >= 4 is 37.5 Å². The van der Waals surface area contributed by atoms with Crippen LogP contribution in [0.4, 0.5) is 5.69 Å². The second-order valence-corrected chi connectivity index (χ2v) is 9.70. The molecule has 0 unspecified atom stereocenters. The minimum absolute atomic E-state index is 0.0274. The molecule has 162 valence electrons. The van der Waals surface area contributed by atoms with Gasteiger partial charge in [0, 0.05) is 11.0 Å². The third kappa shape index (κ3) is 5.72. The van der Waals surface area contributed by atoms with Crippen molar-refractivity contribution in [2.45, 2.75) is 18.4 Å². The summed E-state index contributed by atoms with van der Waals surface area (Å²) in [6.45, 7) is 1.50. The van der Waals surface area contributed by atoms with Gasteiger partial charge in [-0.25, -0.2) is 8.42 Å². The number of benzene rings is 3. The third-order valence-electron chi connectivity index (χ3n) is 4.61. The topological polar surface area (TPSA) is 75.7 Å². The zero-order chi connectivity index (χ0) is 22.4. The number of amides is 1. The summed E-state index contributed by atoms with van der Waals surface area (Å²) in [6.07, 6.45) is 0. The van der Waals surface area contributed by atoms with Gasteiger partial charge in [-0.1, -0.05) is 48.5 Å². The maximum absolute atomic E-state index is 13.6. The Bertz CT molecular complexity index is 1170. The number of ether oxygens (including phenoxy) is 1. The number of nitrogens with one attached hydrogen (secondary N) is 1. The molecule has 0 saturated carbocycles. The molecule has 0 heterocycles. The van der Waals surface area contributed by atoms with Crippen molar-refractivity contribution < 1.29 is 17.9 Å². The van der Waals surface area contributed by atoms with Crippen molar-refractivity contribution in [3.05, 3.63) is 88.4 Å². The highest BCUT2D eigenvalue weighted by atomic mass is 79.9. The first-order valence-electron chi connectivity index (χ1n) is 9.54. The van der Waals surface area contributed by atoms with E-state index in [4.69, 9.17) is 4.74 Å². The number of sulfonamides is 1. The van der Waals surface area contributed by atoms with E-state index in [1.807, 2.05) is 36.4 Å². The molecular formula is C23H23BrN2O4S. The number of aryl methyl sites for hydroxylation is 1. The van der Waals surface area contributed by atoms with Crippen molar-refractivity contribution in [1.82, 2.24) is 4.31 Å². The highest BCUT2D eigenvalue weighted by molar-refractivity contribution is 9.10. The van der Waals surface area contributed by atoms with E-state index in [-0.39, 0.29) is 23.7 Å². The van der Waals surface area contributed by atoms with Gasteiger partial charge in [0.25, 0.3) is 0 Å². The average Bonchev–Trinajstić information content (AvgIpc) is 2.75. The molecule has 3 rings (SSSR count). The van der Waals surface area contributed by atoms with Crippen molar-refractivity contribution in [2.24, 2.45) is 0 Å². The van der Waals surface area contributed by atoms with Gasteiger partial charge >= 0.3 is 0 Å². The summed E-state index contributed by atoms with van der Waals surface area (Å²) < 4.78 is 34.3. The molecule has 0 aliphatic heterocycles. The van der Waals surface area contributed by atoms with Gasteiger partial charge in [0.2, 0.25) is 15.9 Å². The fourth-order valence-electron chi connectivity index (χ4n) is 3.05. The molecule has 0 fully saturated rings. The molecule has 0 aliphatic carbocycles. The Morgan fingerprint density at radius 1 is 1.03 bits per heavy atom. The second-order valence-electron chi connectivity index (χ2n) is 6.94. The van der Waals surface area contributed by atoms with Crippen LogP contribution in [0.25, 0.3) is 0 Å². The van der Waals surface area contributed by atoms with E-state index >= 15 is 0 Å². The van der Waals surface area contributed by atoms with E-state index in [0.29, 0.717) is 10.2 Å². The van der Waals surface area contributed by atoms with Gasteiger partial charge in [0.05, 0.1) is 19.3 Å². The Kier molecular flexibility index (Phi) is 7.48. The van der Waals surface area contributed by atoms with Crippen LogP contribution in [-0.2, 0) is 21.4 Å². The molecule has 3 aromatic carbocycles. The lowest BCUT2D eigenvalue weighted by atomic mass is 10.2. The number of halogens is 1. The molecule has 0 saturated heterocycles. The van der Waals surface area contributed by atoms with Crippen LogP contribution < -0.4 is 10.1 Å². The highest BCUT2D eigenvalue weighted by Crippen LogP contribution is 2.29. The number of anilines is 1. The van der Waals surface area contributed by atoms with Crippen molar-refractivity contribution in [1.29, 1.82) is 0 Å². The molecule has 0 radical (unpaired) electrons. The highest BCUT2D eigenvalue weighted by Gasteiger charge is 2.30. The van der Waals surface area contributed by atoms with Gasteiger partial charge in [-0.2, -0.15) is 4.31 Å². The summed E-state index contributed by atoms with van der Waals surface area (Å²) in [6, 6.07) is 21.2. The maximum Gasteiger partial charge on any atom is 0.247 e. The summed E-state index contributed by atoms with van der Waals surface area (Å²) in [5.41, 5.74) is 2.11. The zero-order valence-corrected chi connectivity index (χ0v) is 19.6. The number of methoxy groups -OCH3 is 1. The summed E-state index contributed by atoms with van der Waals surface area (Å²) in [5.74, 6) is -0.215. The van der Waals surface area contributed by atoms with E-state index in [0.717, 1.165) is 15.4 Å². The molecular weight excluding hydrogens is 480 g/mol. The number of rotatable bonds is 8. The maximum atomic E-state index is 13.6. The standard InChI is InChI=1S/C23H23BrN2O4S/c1-17-12-13-21(30-2)22(14-17)31(28,29)26(15-18-8-4-3-5-9-18)16-23(27)25-20-11-7-6-10-19(20)24/h3-14H,15-16H2,1-2H3,(H,25,27). The Hall–Kier alpha value is -2.68. The van der Waals surface area contributed by atoms with Crippen LogP contribution in [0.2, 0.25) is 0 Å². The summed E-state index contributed by atoms with van der Waals surface area (Å²) in [5, 5.41) is 2.77. The van der Waals surface area contributed by atoms with Gasteiger partial charge in [-0.05, 0) is 58.2 Å². The molecule has 0 bridgehead atoms. The summed E-state index contributed by atoms with van der Waals surface area (Å²) in [7, 11) is -2.60. The number of hydrogen-bond donors (Lipinski definition) is 1. The largest absolute Gasteiger partial charge is 0.495 e. The SMILES string of the molecule is COc1ccc(C)cc1S(=O)(=O)N(CC(=O)Nc1ccccc1Br)Cc1ccccc1.